The molecule has 1 unspecified atom stereocenters. The second-order valence-corrected chi connectivity index (χ2v) is 9.38. The Hall–Kier alpha value is -1.99. The average Bonchev–Trinajstić information content (AvgIpc) is 2.61. The van der Waals surface area contributed by atoms with Crippen LogP contribution in [-0.2, 0) is 16.4 Å². The molecule has 1 atom stereocenters. The van der Waals surface area contributed by atoms with E-state index in [9.17, 15) is 8.42 Å². The first-order chi connectivity index (χ1) is 12.8. The minimum absolute atomic E-state index is 0.238. The molecule has 2 aromatic carbocycles. The SMILES string of the molecule is C=C1CN(c2ccc(CC)c(NS(=O)(=O)c3ccc(Br)cc3)c2)CC(C)N1. The summed E-state index contributed by atoms with van der Waals surface area (Å²) >= 11 is 3.33. The van der Waals surface area contributed by atoms with Crippen molar-refractivity contribution in [1.29, 1.82) is 0 Å². The largest absolute Gasteiger partial charge is 0.383 e. The highest BCUT2D eigenvalue weighted by molar-refractivity contribution is 9.10. The molecule has 27 heavy (non-hydrogen) atoms. The van der Waals surface area contributed by atoms with Crippen molar-refractivity contribution >= 4 is 37.3 Å². The number of sulfonamides is 1. The summed E-state index contributed by atoms with van der Waals surface area (Å²) in [6.45, 7) is 9.70. The van der Waals surface area contributed by atoms with Crippen molar-refractivity contribution in [3.8, 4) is 0 Å². The van der Waals surface area contributed by atoms with Crippen molar-refractivity contribution in [2.24, 2.45) is 0 Å². The Morgan fingerprint density at radius 3 is 2.59 bits per heavy atom. The molecule has 0 saturated carbocycles. The third-order valence-corrected chi connectivity index (χ3v) is 6.44. The predicted molar refractivity (Wildman–Crippen MR) is 115 cm³/mol. The molecule has 3 rings (SSSR count). The number of hydrogen-bond donors (Lipinski definition) is 2. The van der Waals surface area contributed by atoms with Crippen molar-refractivity contribution in [1.82, 2.24) is 5.32 Å². The van der Waals surface area contributed by atoms with E-state index >= 15 is 0 Å². The van der Waals surface area contributed by atoms with Gasteiger partial charge in [0, 0.05) is 28.4 Å². The van der Waals surface area contributed by atoms with Crippen molar-refractivity contribution in [2.45, 2.75) is 31.2 Å². The van der Waals surface area contributed by atoms with Gasteiger partial charge in [0.05, 0.1) is 17.1 Å². The van der Waals surface area contributed by atoms with Gasteiger partial charge >= 0.3 is 0 Å². The molecule has 1 heterocycles. The minimum Gasteiger partial charge on any atom is -0.383 e. The zero-order valence-electron chi connectivity index (χ0n) is 15.5. The van der Waals surface area contributed by atoms with Crippen LogP contribution < -0.4 is 14.9 Å². The van der Waals surface area contributed by atoms with Crippen molar-refractivity contribution in [3.63, 3.8) is 0 Å². The lowest BCUT2D eigenvalue weighted by Crippen LogP contribution is -2.47. The molecule has 0 amide bonds. The van der Waals surface area contributed by atoms with Crippen LogP contribution in [0, 0.1) is 0 Å². The molecule has 144 valence electrons. The fourth-order valence-electron chi connectivity index (χ4n) is 3.24. The molecule has 0 spiro atoms. The van der Waals surface area contributed by atoms with Crippen molar-refractivity contribution in [2.75, 3.05) is 22.7 Å². The molecule has 1 aliphatic rings. The summed E-state index contributed by atoms with van der Waals surface area (Å²) in [7, 11) is -3.65. The number of rotatable bonds is 5. The maximum absolute atomic E-state index is 12.8. The van der Waals surface area contributed by atoms with Crippen LogP contribution in [0.4, 0.5) is 11.4 Å². The van der Waals surface area contributed by atoms with Gasteiger partial charge in [-0.3, -0.25) is 4.72 Å². The van der Waals surface area contributed by atoms with Gasteiger partial charge in [0.25, 0.3) is 10.0 Å². The van der Waals surface area contributed by atoms with E-state index in [2.05, 4.69) is 44.4 Å². The summed E-state index contributed by atoms with van der Waals surface area (Å²) in [5.41, 5.74) is 3.52. The van der Waals surface area contributed by atoms with Gasteiger partial charge in [-0.15, -0.1) is 0 Å². The zero-order valence-corrected chi connectivity index (χ0v) is 17.9. The van der Waals surface area contributed by atoms with Gasteiger partial charge in [0.1, 0.15) is 0 Å². The maximum Gasteiger partial charge on any atom is 0.261 e. The van der Waals surface area contributed by atoms with E-state index in [1.807, 2.05) is 25.1 Å². The van der Waals surface area contributed by atoms with E-state index in [4.69, 9.17) is 0 Å². The lowest BCUT2D eigenvalue weighted by Gasteiger charge is -2.35. The quantitative estimate of drug-likeness (QED) is 0.720. The molecule has 1 fully saturated rings. The second kappa shape index (κ2) is 7.94. The molecule has 0 aromatic heterocycles. The second-order valence-electron chi connectivity index (χ2n) is 6.78. The lowest BCUT2D eigenvalue weighted by atomic mass is 10.1. The van der Waals surface area contributed by atoms with E-state index in [0.29, 0.717) is 18.3 Å². The number of nitrogens with zero attached hydrogens (tertiary/aromatic N) is 1. The van der Waals surface area contributed by atoms with Crippen LogP contribution in [0.25, 0.3) is 0 Å². The molecule has 1 aliphatic heterocycles. The van der Waals surface area contributed by atoms with Crippen LogP contribution in [0.3, 0.4) is 0 Å². The van der Waals surface area contributed by atoms with Crippen LogP contribution in [0.1, 0.15) is 19.4 Å². The Kier molecular flexibility index (Phi) is 5.81. The summed E-state index contributed by atoms with van der Waals surface area (Å²) in [6.07, 6.45) is 0.739. The summed E-state index contributed by atoms with van der Waals surface area (Å²) < 4.78 is 29.2. The number of anilines is 2. The number of piperazine rings is 1. The topological polar surface area (TPSA) is 61.4 Å². The van der Waals surface area contributed by atoms with Crippen LogP contribution in [0.2, 0.25) is 0 Å². The van der Waals surface area contributed by atoms with E-state index < -0.39 is 10.0 Å². The Balaban J connectivity index is 1.92. The smallest absolute Gasteiger partial charge is 0.261 e. The molecule has 7 heteroatoms. The highest BCUT2D eigenvalue weighted by Crippen LogP contribution is 2.28. The molecule has 5 nitrogen and oxygen atoms in total. The number of hydrogen-bond acceptors (Lipinski definition) is 4. The lowest BCUT2D eigenvalue weighted by molar-refractivity contribution is 0.541. The van der Waals surface area contributed by atoms with Crippen LogP contribution in [0.5, 0.6) is 0 Å². The zero-order chi connectivity index (χ0) is 19.6. The third-order valence-electron chi connectivity index (χ3n) is 4.53. The maximum atomic E-state index is 12.8. The van der Waals surface area contributed by atoms with Gasteiger partial charge in [-0.1, -0.05) is 35.5 Å². The highest BCUT2D eigenvalue weighted by atomic mass is 79.9. The average molecular weight is 450 g/mol. The monoisotopic (exact) mass is 449 g/mol. The van der Waals surface area contributed by atoms with E-state index in [0.717, 1.165) is 34.4 Å². The van der Waals surface area contributed by atoms with Gasteiger partial charge < -0.3 is 10.2 Å². The van der Waals surface area contributed by atoms with Gasteiger partial charge in [-0.05, 0) is 55.3 Å². The highest BCUT2D eigenvalue weighted by Gasteiger charge is 2.21. The van der Waals surface area contributed by atoms with E-state index in [-0.39, 0.29) is 4.90 Å². The Bertz CT molecular complexity index is 942. The van der Waals surface area contributed by atoms with E-state index in [1.54, 1.807) is 24.3 Å². The number of aryl methyl sites for hydroxylation is 1. The molecule has 0 aliphatic carbocycles. The van der Waals surface area contributed by atoms with Crippen LogP contribution in [-0.4, -0.2) is 27.5 Å². The molecule has 1 saturated heterocycles. The molecule has 2 aromatic rings. The first-order valence-electron chi connectivity index (χ1n) is 8.89. The first kappa shape index (κ1) is 19.8. The first-order valence-corrected chi connectivity index (χ1v) is 11.2. The van der Waals surface area contributed by atoms with Crippen molar-refractivity contribution < 1.29 is 8.42 Å². The van der Waals surface area contributed by atoms with Crippen molar-refractivity contribution in [3.05, 3.63) is 64.8 Å². The normalized spacial score (nSPS) is 17.5. The van der Waals surface area contributed by atoms with Gasteiger partial charge in [-0.25, -0.2) is 8.42 Å². The summed E-state index contributed by atoms with van der Waals surface area (Å²) in [5.74, 6) is 0. The van der Waals surface area contributed by atoms with Gasteiger partial charge in [-0.2, -0.15) is 0 Å². The molecular formula is C20H24BrN3O2S. The van der Waals surface area contributed by atoms with E-state index in [1.165, 1.54) is 0 Å². The standard InChI is InChI=1S/C20H24BrN3O2S/c1-4-16-5-8-18(24-12-14(2)22-15(3)13-24)11-20(16)23-27(25,26)19-9-6-17(21)7-10-19/h5-11,15,22-23H,2,4,12-13H2,1,3H3. The Morgan fingerprint density at radius 2 is 1.96 bits per heavy atom. The number of nitrogens with one attached hydrogen (secondary N) is 2. The number of halogens is 1. The predicted octanol–water partition coefficient (Wildman–Crippen LogP) is 4.12. The molecular weight excluding hydrogens is 426 g/mol. The minimum atomic E-state index is -3.65. The Labute approximate surface area is 169 Å². The summed E-state index contributed by atoms with van der Waals surface area (Å²) in [6, 6.07) is 12.9. The van der Waals surface area contributed by atoms with Gasteiger partial charge in [0.15, 0.2) is 0 Å². The molecule has 2 N–H and O–H groups in total. The fraction of sp³-hybridized carbons (Fsp3) is 0.300. The van der Waals surface area contributed by atoms with Crippen LogP contribution in [0.15, 0.2) is 64.1 Å². The fourth-order valence-corrected chi connectivity index (χ4v) is 4.60. The number of benzene rings is 2. The van der Waals surface area contributed by atoms with Crippen LogP contribution >= 0.6 is 15.9 Å². The van der Waals surface area contributed by atoms with Gasteiger partial charge in [0.2, 0.25) is 0 Å². The summed E-state index contributed by atoms with van der Waals surface area (Å²) in [4.78, 5) is 2.45. The molecule has 0 bridgehead atoms. The molecule has 0 radical (unpaired) electrons. The summed E-state index contributed by atoms with van der Waals surface area (Å²) in [5, 5.41) is 3.33. The third kappa shape index (κ3) is 4.65. The Morgan fingerprint density at radius 1 is 1.26 bits per heavy atom.